The molecule has 0 radical (unpaired) electrons. The van der Waals surface area contributed by atoms with E-state index in [9.17, 15) is 9.18 Å². The first kappa shape index (κ1) is 15.0. The number of ether oxygens (including phenoxy) is 1. The molecule has 0 aliphatic rings. The third-order valence-electron chi connectivity index (χ3n) is 3.30. The number of nitrogens with one attached hydrogen (secondary N) is 1. The fourth-order valence-electron chi connectivity index (χ4n) is 2.10. The predicted molar refractivity (Wildman–Crippen MR) is 80.0 cm³/mol. The van der Waals surface area contributed by atoms with E-state index < -0.39 is 5.82 Å². The summed E-state index contributed by atoms with van der Waals surface area (Å²) in [6.45, 7) is 3.74. The SMILES string of the molecule is COc1ccc(C(C)NC(=O)c2cccc(C)c2)cc1F. The standard InChI is InChI=1S/C17H18FNO2/c1-11-5-4-6-14(9-11)17(20)19-12(2)13-7-8-16(21-3)15(18)10-13/h4-10,12H,1-3H3,(H,19,20). The van der Waals surface area contributed by atoms with Crippen LogP contribution in [-0.2, 0) is 0 Å². The highest BCUT2D eigenvalue weighted by Crippen LogP contribution is 2.22. The Morgan fingerprint density at radius 2 is 2.00 bits per heavy atom. The van der Waals surface area contributed by atoms with Crippen molar-refractivity contribution in [3.05, 3.63) is 65.0 Å². The van der Waals surface area contributed by atoms with E-state index in [-0.39, 0.29) is 17.7 Å². The van der Waals surface area contributed by atoms with Gasteiger partial charge in [0.25, 0.3) is 5.91 Å². The summed E-state index contributed by atoms with van der Waals surface area (Å²) in [6.07, 6.45) is 0. The highest BCUT2D eigenvalue weighted by atomic mass is 19.1. The van der Waals surface area contributed by atoms with Gasteiger partial charge in [-0.05, 0) is 43.7 Å². The second kappa shape index (κ2) is 6.39. The molecule has 0 saturated heterocycles. The molecule has 0 bridgehead atoms. The van der Waals surface area contributed by atoms with Gasteiger partial charge >= 0.3 is 0 Å². The Kier molecular flexibility index (Phi) is 4.58. The van der Waals surface area contributed by atoms with Gasteiger partial charge in [0.1, 0.15) is 0 Å². The van der Waals surface area contributed by atoms with Crippen LogP contribution in [0.2, 0.25) is 0 Å². The van der Waals surface area contributed by atoms with Crippen LogP contribution < -0.4 is 10.1 Å². The van der Waals surface area contributed by atoms with E-state index >= 15 is 0 Å². The molecular formula is C17H18FNO2. The van der Waals surface area contributed by atoms with Gasteiger partial charge in [-0.1, -0.05) is 23.8 Å². The number of hydrogen-bond acceptors (Lipinski definition) is 2. The van der Waals surface area contributed by atoms with Crippen molar-refractivity contribution in [1.82, 2.24) is 5.32 Å². The van der Waals surface area contributed by atoms with Crippen molar-refractivity contribution in [2.75, 3.05) is 7.11 Å². The Morgan fingerprint density at radius 1 is 1.24 bits per heavy atom. The zero-order chi connectivity index (χ0) is 15.4. The molecule has 0 spiro atoms. The van der Waals surface area contributed by atoms with E-state index in [1.807, 2.05) is 32.0 Å². The van der Waals surface area contributed by atoms with E-state index in [0.29, 0.717) is 11.1 Å². The molecule has 0 aliphatic heterocycles. The van der Waals surface area contributed by atoms with Crippen molar-refractivity contribution in [1.29, 1.82) is 0 Å². The Morgan fingerprint density at radius 3 is 2.62 bits per heavy atom. The molecule has 0 heterocycles. The van der Waals surface area contributed by atoms with Crippen molar-refractivity contribution < 1.29 is 13.9 Å². The van der Waals surface area contributed by atoms with Gasteiger partial charge in [0.15, 0.2) is 11.6 Å². The van der Waals surface area contributed by atoms with Gasteiger partial charge in [0.05, 0.1) is 13.2 Å². The van der Waals surface area contributed by atoms with Crippen LogP contribution in [0.5, 0.6) is 5.75 Å². The van der Waals surface area contributed by atoms with Gasteiger partial charge in [0, 0.05) is 5.56 Å². The topological polar surface area (TPSA) is 38.3 Å². The van der Waals surface area contributed by atoms with Crippen LogP contribution >= 0.6 is 0 Å². The number of benzene rings is 2. The lowest BCUT2D eigenvalue weighted by atomic mass is 10.1. The molecular weight excluding hydrogens is 269 g/mol. The van der Waals surface area contributed by atoms with Gasteiger partial charge < -0.3 is 10.1 Å². The Bertz CT molecular complexity index is 655. The molecule has 1 unspecified atom stereocenters. The summed E-state index contributed by atoms with van der Waals surface area (Å²) >= 11 is 0. The third-order valence-corrected chi connectivity index (χ3v) is 3.30. The summed E-state index contributed by atoms with van der Waals surface area (Å²) in [4.78, 5) is 12.2. The van der Waals surface area contributed by atoms with Gasteiger partial charge in [-0.2, -0.15) is 0 Å². The van der Waals surface area contributed by atoms with Crippen molar-refractivity contribution in [3.8, 4) is 5.75 Å². The minimum absolute atomic E-state index is 0.178. The average Bonchev–Trinajstić information content (AvgIpc) is 2.47. The van der Waals surface area contributed by atoms with Gasteiger partial charge in [-0.25, -0.2) is 4.39 Å². The summed E-state index contributed by atoms with van der Waals surface area (Å²) < 4.78 is 18.6. The van der Waals surface area contributed by atoms with E-state index in [2.05, 4.69) is 5.32 Å². The number of aryl methyl sites for hydroxylation is 1. The van der Waals surface area contributed by atoms with Crippen LogP contribution in [0.15, 0.2) is 42.5 Å². The molecule has 0 aromatic heterocycles. The fourth-order valence-corrected chi connectivity index (χ4v) is 2.10. The maximum atomic E-state index is 13.7. The molecule has 0 aliphatic carbocycles. The third kappa shape index (κ3) is 3.60. The minimum atomic E-state index is -0.438. The van der Waals surface area contributed by atoms with Crippen molar-refractivity contribution >= 4 is 5.91 Å². The first-order chi connectivity index (χ1) is 10.0. The summed E-state index contributed by atoms with van der Waals surface area (Å²) in [5.41, 5.74) is 2.30. The quantitative estimate of drug-likeness (QED) is 0.932. The number of methoxy groups -OCH3 is 1. The maximum Gasteiger partial charge on any atom is 0.251 e. The second-order valence-electron chi connectivity index (χ2n) is 4.96. The summed E-state index contributed by atoms with van der Waals surface area (Å²) in [7, 11) is 1.42. The summed E-state index contributed by atoms with van der Waals surface area (Å²) in [5, 5.41) is 2.86. The lowest BCUT2D eigenvalue weighted by molar-refractivity contribution is 0.0939. The Hall–Kier alpha value is -2.36. The van der Waals surface area contributed by atoms with Gasteiger partial charge in [-0.15, -0.1) is 0 Å². The van der Waals surface area contributed by atoms with Crippen LogP contribution in [-0.4, -0.2) is 13.0 Å². The highest BCUT2D eigenvalue weighted by Gasteiger charge is 2.13. The minimum Gasteiger partial charge on any atom is -0.494 e. The normalized spacial score (nSPS) is 11.8. The van der Waals surface area contributed by atoms with Crippen LogP contribution in [0.25, 0.3) is 0 Å². The number of rotatable bonds is 4. The molecule has 2 aromatic carbocycles. The molecule has 0 saturated carbocycles. The highest BCUT2D eigenvalue weighted by molar-refractivity contribution is 5.94. The smallest absolute Gasteiger partial charge is 0.251 e. The molecule has 21 heavy (non-hydrogen) atoms. The molecule has 1 atom stereocenters. The zero-order valence-electron chi connectivity index (χ0n) is 12.3. The fraction of sp³-hybridized carbons (Fsp3) is 0.235. The van der Waals surface area contributed by atoms with Gasteiger partial charge in [0.2, 0.25) is 0 Å². The average molecular weight is 287 g/mol. The van der Waals surface area contributed by atoms with Crippen molar-refractivity contribution in [2.45, 2.75) is 19.9 Å². The predicted octanol–water partition coefficient (Wildman–Crippen LogP) is 3.63. The molecule has 2 rings (SSSR count). The van der Waals surface area contributed by atoms with E-state index in [0.717, 1.165) is 5.56 Å². The van der Waals surface area contributed by atoms with E-state index in [4.69, 9.17) is 4.74 Å². The van der Waals surface area contributed by atoms with E-state index in [1.54, 1.807) is 18.2 Å². The zero-order valence-corrected chi connectivity index (χ0v) is 12.3. The molecule has 3 nitrogen and oxygen atoms in total. The molecule has 4 heteroatoms. The molecule has 1 amide bonds. The van der Waals surface area contributed by atoms with Crippen LogP contribution in [0, 0.1) is 12.7 Å². The Labute approximate surface area is 123 Å². The number of amides is 1. The molecule has 110 valence electrons. The van der Waals surface area contributed by atoms with Crippen LogP contribution in [0.1, 0.15) is 34.5 Å². The lowest BCUT2D eigenvalue weighted by Gasteiger charge is -2.15. The molecule has 2 aromatic rings. The van der Waals surface area contributed by atoms with Crippen molar-refractivity contribution in [3.63, 3.8) is 0 Å². The first-order valence-electron chi connectivity index (χ1n) is 6.72. The van der Waals surface area contributed by atoms with Crippen LogP contribution in [0.3, 0.4) is 0 Å². The lowest BCUT2D eigenvalue weighted by Crippen LogP contribution is -2.26. The van der Waals surface area contributed by atoms with Gasteiger partial charge in [-0.3, -0.25) is 4.79 Å². The van der Waals surface area contributed by atoms with E-state index in [1.165, 1.54) is 13.2 Å². The summed E-state index contributed by atoms with van der Waals surface area (Å²) in [6, 6.07) is 11.7. The number of carbonyl (C=O) groups excluding carboxylic acids is 1. The van der Waals surface area contributed by atoms with Crippen LogP contribution in [0.4, 0.5) is 4.39 Å². The number of hydrogen-bond donors (Lipinski definition) is 1. The molecule has 0 fully saturated rings. The number of halogens is 1. The second-order valence-corrected chi connectivity index (χ2v) is 4.96. The van der Waals surface area contributed by atoms with Crippen molar-refractivity contribution in [2.24, 2.45) is 0 Å². The monoisotopic (exact) mass is 287 g/mol. The Balaban J connectivity index is 2.12. The largest absolute Gasteiger partial charge is 0.494 e. The summed E-state index contributed by atoms with van der Waals surface area (Å²) in [5.74, 6) is -0.426. The molecule has 1 N–H and O–H groups in total. The first-order valence-corrected chi connectivity index (χ1v) is 6.72. The maximum absolute atomic E-state index is 13.7. The number of carbonyl (C=O) groups is 1.